The molecule has 8 aromatic rings. The van der Waals surface area contributed by atoms with E-state index in [0.717, 1.165) is 26.8 Å². The summed E-state index contributed by atoms with van der Waals surface area (Å²) in [6.07, 6.45) is -0.391. The quantitative estimate of drug-likeness (QED) is 0.0854. The molecule has 0 aliphatic carbocycles. The number of aromatic amines is 2. The molecule has 2 unspecified atom stereocenters. The molecule has 0 fully saturated rings. The molecule has 68 heavy (non-hydrogen) atoms. The number of benzene rings is 4. The van der Waals surface area contributed by atoms with E-state index in [1.165, 1.54) is 16.0 Å². The number of nitrogens with zero attached hydrogens (tertiary/aromatic N) is 5. The van der Waals surface area contributed by atoms with E-state index in [-0.39, 0.29) is 39.0 Å². The van der Waals surface area contributed by atoms with Crippen LogP contribution < -0.4 is 37.0 Å². The number of aryl methyl sites for hydroxylation is 3. The average Bonchev–Trinajstić information content (AvgIpc) is 3.81. The number of anilines is 2. The number of H-pyrrole nitrogens is 2. The number of nitriles is 1. The van der Waals surface area contributed by atoms with Crippen LogP contribution in [-0.2, 0) is 16.6 Å². The van der Waals surface area contributed by atoms with E-state index in [4.69, 9.17) is 37.4 Å². The first-order chi connectivity index (χ1) is 32.4. The Morgan fingerprint density at radius 2 is 1.62 bits per heavy atom. The van der Waals surface area contributed by atoms with Crippen LogP contribution in [0.3, 0.4) is 0 Å². The van der Waals surface area contributed by atoms with Gasteiger partial charge in [-0.1, -0.05) is 96.4 Å². The molecule has 1 amide bonds. The third-order valence-corrected chi connectivity index (χ3v) is 12.5. The van der Waals surface area contributed by atoms with E-state index < -0.39 is 29.3 Å². The summed E-state index contributed by atoms with van der Waals surface area (Å²) in [7, 11) is 2.92. The molecule has 0 spiro atoms. The minimum Gasteiger partial charge on any atom is -0.479 e. The van der Waals surface area contributed by atoms with Gasteiger partial charge in [-0.3, -0.25) is 19.7 Å². The summed E-state index contributed by atoms with van der Waals surface area (Å²) in [5, 5.41) is 19.6. The second kappa shape index (κ2) is 20.0. The summed E-state index contributed by atoms with van der Waals surface area (Å²) in [6.45, 7) is 11.0. The molecule has 0 aliphatic rings. The average molecular weight is 1020 g/mol. The van der Waals surface area contributed by atoms with Gasteiger partial charge in [-0.05, 0) is 97.6 Å². The van der Waals surface area contributed by atoms with Crippen molar-refractivity contribution in [3.05, 3.63) is 165 Å². The van der Waals surface area contributed by atoms with Gasteiger partial charge in [0.15, 0.2) is 11.8 Å². The van der Waals surface area contributed by atoms with Crippen LogP contribution in [0.1, 0.15) is 48.2 Å². The number of hydrogen-bond donors (Lipinski definition) is 4. The van der Waals surface area contributed by atoms with Crippen molar-refractivity contribution in [3.8, 4) is 40.0 Å². The molecule has 19 heteroatoms. The zero-order valence-electron chi connectivity index (χ0n) is 38.2. The molecular weight excluding hydrogens is 977 g/mol. The van der Waals surface area contributed by atoms with E-state index in [1.54, 1.807) is 33.1 Å². The Hall–Kier alpha value is -7.10. The minimum atomic E-state index is -1.15. The molecule has 0 bridgehead atoms. The van der Waals surface area contributed by atoms with Gasteiger partial charge in [0.1, 0.15) is 39.7 Å². The van der Waals surface area contributed by atoms with Gasteiger partial charge in [-0.2, -0.15) is 9.78 Å². The lowest BCUT2D eigenvalue weighted by Gasteiger charge is -2.34. The topological polar surface area (TPSA) is 202 Å². The fourth-order valence-corrected chi connectivity index (χ4v) is 8.59. The van der Waals surface area contributed by atoms with Crippen LogP contribution in [0, 0.1) is 39.0 Å². The Morgan fingerprint density at radius 1 is 0.941 bits per heavy atom. The largest absolute Gasteiger partial charge is 0.479 e. The molecule has 350 valence electrons. The van der Waals surface area contributed by atoms with Crippen LogP contribution in [-0.4, -0.2) is 53.6 Å². The molecule has 0 saturated heterocycles. The van der Waals surface area contributed by atoms with Gasteiger partial charge >= 0.3 is 11.4 Å². The standard InChI is InChI=1S/C26H26BrN5O4.C23H20Cl2N4O3/c1-6-26(35-5,36-20-11-10-15(2)12-16(20)3)30-18-9-7-8-17(13-18)21-19(14-28)32-23(22(21)27)29-24(33)31(4)25(32)34;1-12-9-10-17(16(24)11-12)32-14(3)22(30)27-20-13(2)23(31)29-21(26-20)18(25)19(28-29)15-7-5-4-6-8-15/h7-13,30H,6H2,1-5H3,(H,29,33);4-11,14,28H,1-3H3,(H,27,30). The van der Waals surface area contributed by atoms with Gasteiger partial charge in [0.05, 0.1) is 20.8 Å². The normalized spacial score (nSPS) is 12.4. The number of carbonyl (C=O) groups is 1. The van der Waals surface area contributed by atoms with Crippen molar-refractivity contribution in [1.82, 2.24) is 28.5 Å². The molecular formula is C49H46BrCl2N9O7. The van der Waals surface area contributed by atoms with Crippen LogP contribution in [0.4, 0.5) is 11.5 Å². The van der Waals surface area contributed by atoms with Gasteiger partial charge in [-0.15, -0.1) is 0 Å². The maximum absolute atomic E-state index is 12.9. The fourth-order valence-electron chi connectivity index (χ4n) is 7.33. The summed E-state index contributed by atoms with van der Waals surface area (Å²) in [6, 6.07) is 30.0. The van der Waals surface area contributed by atoms with E-state index in [0.29, 0.717) is 49.9 Å². The highest BCUT2D eigenvalue weighted by Gasteiger charge is 2.32. The van der Waals surface area contributed by atoms with Gasteiger partial charge in [-0.25, -0.2) is 23.5 Å². The molecule has 2 atom stereocenters. The second-order valence-electron chi connectivity index (χ2n) is 15.9. The second-order valence-corrected chi connectivity index (χ2v) is 17.5. The number of amides is 1. The van der Waals surface area contributed by atoms with Crippen LogP contribution >= 0.6 is 39.1 Å². The number of ether oxygens (including phenoxy) is 3. The third kappa shape index (κ3) is 9.67. The SMILES string of the molecule is CCC(Nc1cccc(-c2c(Br)c3[nH]c(=O)n(C)c(=O)n3c2C#N)c1)(OC)Oc1ccc(C)cc1C.Cc1ccc(OC(C)C(=O)Nc2nc3c(Cl)c(-c4ccccc4)[nH]n3c(=O)c2C)c(Cl)c1. The van der Waals surface area contributed by atoms with Crippen molar-refractivity contribution in [2.24, 2.45) is 7.05 Å². The third-order valence-electron chi connectivity index (χ3n) is 11.1. The Labute approximate surface area is 408 Å². The fraction of sp³-hybridized carbons (Fsp3) is 0.224. The van der Waals surface area contributed by atoms with Crippen molar-refractivity contribution in [2.45, 2.75) is 60.0 Å². The number of methoxy groups -OCH3 is 1. The van der Waals surface area contributed by atoms with Crippen molar-refractivity contribution >= 4 is 67.8 Å². The van der Waals surface area contributed by atoms with Gasteiger partial charge in [0.2, 0.25) is 0 Å². The summed E-state index contributed by atoms with van der Waals surface area (Å²) < 4.78 is 21.6. The molecule has 0 aliphatic heterocycles. The Kier molecular flexibility index (Phi) is 14.4. The zero-order chi connectivity index (χ0) is 49.2. The number of fused-ring (bicyclic) bond motifs is 2. The lowest BCUT2D eigenvalue weighted by atomic mass is 10.1. The van der Waals surface area contributed by atoms with Crippen molar-refractivity contribution in [1.29, 1.82) is 5.26 Å². The smallest absolute Gasteiger partial charge is 0.338 e. The molecule has 0 radical (unpaired) electrons. The molecule has 16 nitrogen and oxygen atoms in total. The highest BCUT2D eigenvalue weighted by atomic mass is 79.9. The van der Waals surface area contributed by atoms with Crippen LogP contribution in [0.2, 0.25) is 10.0 Å². The van der Waals surface area contributed by atoms with Crippen LogP contribution in [0.25, 0.3) is 33.7 Å². The summed E-state index contributed by atoms with van der Waals surface area (Å²) in [5.41, 5.74) is 5.51. The minimum absolute atomic E-state index is 0.103. The van der Waals surface area contributed by atoms with Crippen molar-refractivity contribution in [2.75, 3.05) is 17.7 Å². The van der Waals surface area contributed by atoms with Crippen LogP contribution in [0.15, 0.2) is 110 Å². The van der Waals surface area contributed by atoms with Gasteiger partial charge in [0, 0.05) is 37.4 Å². The molecule has 0 saturated carbocycles. The van der Waals surface area contributed by atoms with E-state index in [2.05, 4.69) is 47.7 Å². The first kappa shape index (κ1) is 48.8. The maximum Gasteiger partial charge on any atom is 0.338 e. The number of nitrogens with one attached hydrogen (secondary N) is 4. The number of rotatable bonds is 12. The lowest BCUT2D eigenvalue weighted by Crippen LogP contribution is -2.45. The van der Waals surface area contributed by atoms with E-state index >= 15 is 0 Å². The summed E-state index contributed by atoms with van der Waals surface area (Å²) >= 11 is 16.2. The number of hydrogen-bond acceptors (Lipinski definition) is 10. The zero-order valence-corrected chi connectivity index (χ0v) is 41.3. The number of carbonyl (C=O) groups excluding carboxylic acids is 1. The Balaban J connectivity index is 0.000000203. The molecule has 4 aromatic carbocycles. The predicted molar refractivity (Wildman–Crippen MR) is 267 cm³/mol. The highest BCUT2D eigenvalue weighted by molar-refractivity contribution is 9.10. The lowest BCUT2D eigenvalue weighted by molar-refractivity contribution is -0.143. The van der Waals surface area contributed by atoms with Crippen molar-refractivity contribution in [3.63, 3.8) is 0 Å². The Bertz CT molecular complexity index is 3460. The van der Waals surface area contributed by atoms with Gasteiger partial charge < -0.3 is 24.8 Å². The Morgan fingerprint density at radius 3 is 2.26 bits per heavy atom. The molecule has 8 rings (SSSR count). The molecule has 4 aromatic heterocycles. The first-order valence-corrected chi connectivity index (χ1v) is 22.7. The summed E-state index contributed by atoms with van der Waals surface area (Å²) in [5.74, 6) is -0.426. The number of halogens is 3. The molecule has 4 heterocycles. The highest BCUT2D eigenvalue weighted by Crippen LogP contribution is 2.37. The predicted octanol–water partition coefficient (Wildman–Crippen LogP) is 9.46. The first-order valence-electron chi connectivity index (χ1n) is 21.1. The monoisotopic (exact) mass is 1020 g/mol. The maximum atomic E-state index is 12.9. The van der Waals surface area contributed by atoms with E-state index in [1.807, 2.05) is 107 Å². The van der Waals surface area contributed by atoms with Crippen LogP contribution in [0.5, 0.6) is 11.5 Å². The molecule has 4 N–H and O–H groups in total. The van der Waals surface area contributed by atoms with Crippen molar-refractivity contribution < 1.29 is 19.0 Å². The van der Waals surface area contributed by atoms with E-state index in [9.17, 15) is 24.4 Å². The number of aromatic nitrogens is 6. The summed E-state index contributed by atoms with van der Waals surface area (Å²) in [4.78, 5) is 57.7. The van der Waals surface area contributed by atoms with Gasteiger partial charge in [0.25, 0.3) is 17.4 Å².